The normalized spacial score (nSPS) is 15.5. The van der Waals surface area contributed by atoms with E-state index in [4.69, 9.17) is 4.98 Å². The number of nitrogens with zero attached hydrogens (tertiary/aromatic N) is 3. The van der Waals surface area contributed by atoms with Crippen LogP contribution in [0.3, 0.4) is 0 Å². The van der Waals surface area contributed by atoms with Crippen LogP contribution in [-0.2, 0) is 0 Å². The van der Waals surface area contributed by atoms with Crippen molar-refractivity contribution in [2.75, 3.05) is 44.4 Å². The van der Waals surface area contributed by atoms with Crippen molar-refractivity contribution < 1.29 is 9.69 Å². The number of carbonyl (C=O) groups is 1. The van der Waals surface area contributed by atoms with Crippen LogP contribution in [0.1, 0.15) is 17.3 Å². The molecule has 1 N–H and O–H groups in total. The third-order valence-electron chi connectivity index (χ3n) is 4.35. The van der Waals surface area contributed by atoms with Gasteiger partial charge in [-0.3, -0.25) is 4.79 Å². The van der Waals surface area contributed by atoms with E-state index in [1.165, 1.54) is 16.7 Å². The molecule has 24 heavy (non-hydrogen) atoms. The van der Waals surface area contributed by atoms with Gasteiger partial charge in [0.05, 0.1) is 38.8 Å². The molecule has 0 unspecified atom stereocenters. The zero-order chi connectivity index (χ0) is 17.1. The van der Waals surface area contributed by atoms with Crippen molar-refractivity contribution in [3.8, 4) is 11.4 Å². The summed E-state index contributed by atoms with van der Waals surface area (Å²) in [6.07, 6.45) is 1.96. The molecule has 1 saturated heterocycles. The van der Waals surface area contributed by atoms with Crippen molar-refractivity contribution in [1.29, 1.82) is 0 Å². The number of aromatic nitrogens is 2. The number of nitrogens with one attached hydrogen (secondary N) is 1. The molecule has 3 rings (SSSR count). The van der Waals surface area contributed by atoms with E-state index in [2.05, 4.69) is 16.9 Å². The maximum Gasteiger partial charge on any atom is 0.166 e. The second-order valence-electron chi connectivity index (χ2n) is 6.12. The summed E-state index contributed by atoms with van der Waals surface area (Å²) in [6.45, 7) is 5.52. The zero-order valence-corrected chi connectivity index (χ0v) is 15.2. The van der Waals surface area contributed by atoms with Crippen LogP contribution in [0.2, 0.25) is 0 Å². The number of ketones is 1. The summed E-state index contributed by atoms with van der Waals surface area (Å²) in [5.41, 5.74) is 1.63. The Balaban J connectivity index is 2.11. The first-order chi connectivity index (χ1) is 11.6. The minimum Gasteiger partial charge on any atom is -0.345 e. The Morgan fingerprint density at radius 2 is 1.83 bits per heavy atom. The Morgan fingerprint density at radius 1 is 1.17 bits per heavy atom. The third-order valence-corrected chi connectivity index (χ3v) is 5.03. The molecule has 1 aliphatic heterocycles. The molecule has 126 valence electrons. The molecule has 0 spiro atoms. The molecule has 0 aliphatic carbocycles. The smallest absolute Gasteiger partial charge is 0.166 e. The van der Waals surface area contributed by atoms with Gasteiger partial charge in [-0.1, -0.05) is 30.3 Å². The van der Waals surface area contributed by atoms with Gasteiger partial charge < -0.3 is 9.80 Å². The van der Waals surface area contributed by atoms with Crippen molar-refractivity contribution in [3.63, 3.8) is 0 Å². The molecule has 1 aliphatic rings. The summed E-state index contributed by atoms with van der Waals surface area (Å²) in [5.74, 6) is 1.50. The van der Waals surface area contributed by atoms with Crippen LogP contribution >= 0.6 is 11.8 Å². The van der Waals surface area contributed by atoms with Gasteiger partial charge in [0.15, 0.2) is 11.6 Å². The lowest BCUT2D eigenvalue weighted by Crippen LogP contribution is -3.12. The highest BCUT2D eigenvalue weighted by molar-refractivity contribution is 7.98. The van der Waals surface area contributed by atoms with Gasteiger partial charge in [0.1, 0.15) is 10.8 Å². The van der Waals surface area contributed by atoms with Gasteiger partial charge >= 0.3 is 0 Å². The SMILES string of the molecule is CSc1nc(-c2ccccc2)nc(N2CC[NH+](C)CC2)c1C(C)=O. The number of quaternary nitrogens is 1. The molecular weight excluding hydrogens is 320 g/mol. The van der Waals surface area contributed by atoms with Gasteiger partial charge in [-0.05, 0) is 13.2 Å². The average molecular weight is 343 g/mol. The molecule has 1 aromatic carbocycles. The fourth-order valence-electron chi connectivity index (χ4n) is 2.93. The van der Waals surface area contributed by atoms with Gasteiger partial charge in [0.2, 0.25) is 0 Å². The Hall–Kier alpha value is -1.92. The fourth-order valence-corrected chi connectivity index (χ4v) is 3.55. The molecule has 1 aromatic heterocycles. The van der Waals surface area contributed by atoms with Crippen molar-refractivity contribution in [1.82, 2.24) is 9.97 Å². The van der Waals surface area contributed by atoms with Crippen LogP contribution in [0.4, 0.5) is 5.82 Å². The van der Waals surface area contributed by atoms with Crippen LogP contribution in [-0.4, -0.2) is 55.2 Å². The van der Waals surface area contributed by atoms with Crippen LogP contribution in [0, 0.1) is 0 Å². The molecule has 2 heterocycles. The van der Waals surface area contributed by atoms with Crippen LogP contribution in [0.25, 0.3) is 11.4 Å². The number of rotatable bonds is 4. The van der Waals surface area contributed by atoms with E-state index in [9.17, 15) is 4.79 Å². The summed E-state index contributed by atoms with van der Waals surface area (Å²) < 4.78 is 0. The molecule has 0 radical (unpaired) electrons. The Kier molecular flexibility index (Phi) is 5.16. The van der Waals surface area contributed by atoms with Gasteiger partial charge in [-0.2, -0.15) is 0 Å². The lowest BCUT2D eigenvalue weighted by atomic mass is 10.1. The topological polar surface area (TPSA) is 50.5 Å². The lowest BCUT2D eigenvalue weighted by molar-refractivity contribution is -0.880. The van der Waals surface area contributed by atoms with E-state index in [0.717, 1.165) is 42.6 Å². The van der Waals surface area contributed by atoms with Gasteiger partial charge in [0.25, 0.3) is 0 Å². The van der Waals surface area contributed by atoms with Gasteiger partial charge in [0, 0.05) is 5.56 Å². The van der Waals surface area contributed by atoms with E-state index in [1.54, 1.807) is 6.92 Å². The molecule has 0 atom stereocenters. The lowest BCUT2D eigenvalue weighted by Gasteiger charge is -2.32. The molecule has 0 amide bonds. The minimum atomic E-state index is 0.0280. The average Bonchev–Trinajstić information content (AvgIpc) is 2.61. The molecule has 0 bridgehead atoms. The van der Waals surface area contributed by atoms with E-state index in [1.807, 2.05) is 36.6 Å². The molecule has 2 aromatic rings. The number of likely N-dealkylation sites (N-methyl/N-ethyl adjacent to an activating group) is 1. The fraction of sp³-hybridized carbons (Fsp3) is 0.389. The van der Waals surface area contributed by atoms with Gasteiger partial charge in [-0.15, -0.1) is 11.8 Å². The summed E-state index contributed by atoms with van der Waals surface area (Å²) >= 11 is 1.51. The summed E-state index contributed by atoms with van der Waals surface area (Å²) in [6, 6.07) is 9.95. The highest BCUT2D eigenvalue weighted by atomic mass is 32.2. The number of piperazine rings is 1. The number of hydrogen-bond acceptors (Lipinski definition) is 5. The first kappa shape index (κ1) is 16.9. The maximum absolute atomic E-state index is 12.3. The second-order valence-corrected chi connectivity index (χ2v) is 6.92. The molecule has 1 fully saturated rings. The molecular formula is C18H23N4OS+. The van der Waals surface area contributed by atoms with E-state index in [0.29, 0.717) is 11.4 Å². The maximum atomic E-state index is 12.3. The number of anilines is 1. The van der Waals surface area contributed by atoms with Crippen LogP contribution in [0.5, 0.6) is 0 Å². The molecule has 6 heteroatoms. The van der Waals surface area contributed by atoms with E-state index in [-0.39, 0.29) is 5.78 Å². The Bertz CT molecular complexity index is 727. The van der Waals surface area contributed by atoms with Crippen molar-refractivity contribution in [3.05, 3.63) is 35.9 Å². The number of hydrogen-bond donors (Lipinski definition) is 1. The number of thioether (sulfide) groups is 1. The Labute approximate surface area is 147 Å². The Morgan fingerprint density at radius 3 is 2.42 bits per heavy atom. The molecule has 0 saturated carbocycles. The quantitative estimate of drug-likeness (QED) is 0.517. The van der Waals surface area contributed by atoms with Crippen LogP contribution in [0.15, 0.2) is 35.4 Å². The number of benzene rings is 1. The summed E-state index contributed by atoms with van der Waals surface area (Å²) in [4.78, 5) is 25.5. The molecule has 5 nitrogen and oxygen atoms in total. The van der Waals surface area contributed by atoms with E-state index >= 15 is 0 Å². The monoisotopic (exact) mass is 343 g/mol. The van der Waals surface area contributed by atoms with Crippen molar-refractivity contribution in [2.24, 2.45) is 0 Å². The zero-order valence-electron chi connectivity index (χ0n) is 14.4. The summed E-state index contributed by atoms with van der Waals surface area (Å²) in [5, 5.41) is 0.762. The number of Topliss-reactive ketones (excluding diaryl/α,β-unsaturated/α-hetero) is 1. The minimum absolute atomic E-state index is 0.0280. The first-order valence-corrected chi connectivity index (χ1v) is 9.41. The van der Waals surface area contributed by atoms with Crippen LogP contribution < -0.4 is 9.80 Å². The summed E-state index contributed by atoms with van der Waals surface area (Å²) in [7, 11) is 2.20. The van der Waals surface area contributed by atoms with Crippen molar-refractivity contribution >= 4 is 23.4 Å². The predicted octanol–water partition coefficient (Wildman–Crippen LogP) is 1.40. The first-order valence-electron chi connectivity index (χ1n) is 8.18. The third kappa shape index (κ3) is 3.44. The number of carbonyl (C=O) groups excluding carboxylic acids is 1. The highest BCUT2D eigenvalue weighted by Crippen LogP contribution is 2.30. The largest absolute Gasteiger partial charge is 0.345 e. The predicted molar refractivity (Wildman–Crippen MR) is 98.1 cm³/mol. The standard InChI is InChI=1S/C18H22N4OS/c1-13(23)15-17(22-11-9-21(2)10-12-22)19-16(20-18(15)24-3)14-7-5-4-6-8-14/h4-8H,9-12H2,1-3H3/p+1. The highest BCUT2D eigenvalue weighted by Gasteiger charge is 2.26. The second kappa shape index (κ2) is 7.32. The van der Waals surface area contributed by atoms with Gasteiger partial charge in [-0.25, -0.2) is 9.97 Å². The van der Waals surface area contributed by atoms with E-state index < -0.39 is 0 Å². The van der Waals surface area contributed by atoms with Crippen molar-refractivity contribution in [2.45, 2.75) is 11.9 Å².